The molecule has 0 spiro atoms. The molecule has 1 aromatic carbocycles. The molecule has 2 rings (SSSR count). The van der Waals surface area contributed by atoms with E-state index in [1.54, 1.807) is 29.6 Å². The summed E-state index contributed by atoms with van der Waals surface area (Å²) < 4.78 is 28.6. The Kier molecular flexibility index (Phi) is 5.32. The van der Waals surface area contributed by atoms with Crippen LogP contribution in [0.15, 0.2) is 32.0 Å². The number of sulfonamides is 1. The highest BCUT2D eigenvalue weighted by atomic mass is 79.9. The molecule has 112 valence electrons. The molecule has 1 aromatic rings. The lowest BCUT2D eigenvalue weighted by Crippen LogP contribution is -2.42. The van der Waals surface area contributed by atoms with E-state index < -0.39 is 10.0 Å². The van der Waals surface area contributed by atoms with Gasteiger partial charge in [-0.2, -0.15) is 4.31 Å². The Bertz CT molecular complexity index is 589. The number of benzene rings is 1. The van der Waals surface area contributed by atoms with Crippen LogP contribution in [0, 0.1) is 5.92 Å². The third-order valence-corrected chi connectivity index (χ3v) is 7.44. The fourth-order valence-electron chi connectivity index (χ4n) is 2.85. The van der Waals surface area contributed by atoms with Gasteiger partial charge in [-0.25, -0.2) is 8.42 Å². The molecule has 1 aliphatic carbocycles. The van der Waals surface area contributed by atoms with E-state index in [2.05, 4.69) is 38.8 Å². The molecule has 0 N–H and O–H groups in total. The summed E-state index contributed by atoms with van der Waals surface area (Å²) in [6.45, 7) is 2.15. The molecule has 6 heteroatoms. The zero-order valence-electron chi connectivity index (χ0n) is 11.6. The van der Waals surface area contributed by atoms with E-state index in [1.165, 1.54) is 6.42 Å². The third-order valence-electron chi connectivity index (χ3n) is 4.08. The number of hydrogen-bond acceptors (Lipinski definition) is 2. The molecule has 0 heterocycles. The summed E-state index contributed by atoms with van der Waals surface area (Å²) in [6.07, 6.45) is 4.36. The molecular weight excluding hydrogens is 406 g/mol. The van der Waals surface area contributed by atoms with E-state index in [0.717, 1.165) is 23.7 Å². The predicted octanol–water partition coefficient (Wildman–Crippen LogP) is 4.41. The fourth-order valence-corrected chi connectivity index (χ4v) is 6.04. The second-order valence-corrected chi connectivity index (χ2v) is 9.16. The van der Waals surface area contributed by atoms with Gasteiger partial charge in [0, 0.05) is 22.0 Å². The lowest BCUT2D eigenvalue weighted by atomic mass is 9.86. The average Bonchev–Trinajstić information content (AvgIpc) is 2.38. The van der Waals surface area contributed by atoms with Gasteiger partial charge < -0.3 is 0 Å². The first-order valence-electron chi connectivity index (χ1n) is 6.77. The van der Waals surface area contributed by atoms with Crippen molar-refractivity contribution in [3.05, 3.63) is 27.1 Å². The van der Waals surface area contributed by atoms with Gasteiger partial charge in [-0.15, -0.1) is 0 Å². The number of rotatable bonds is 3. The second kappa shape index (κ2) is 6.46. The molecular formula is C14H19Br2NO2S. The molecule has 20 heavy (non-hydrogen) atoms. The Morgan fingerprint density at radius 3 is 2.45 bits per heavy atom. The van der Waals surface area contributed by atoms with Crippen molar-refractivity contribution in [1.29, 1.82) is 0 Å². The highest BCUT2D eigenvalue weighted by molar-refractivity contribution is 9.11. The molecule has 0 radical (unpaired) electrons. The van der Waals surface area contributed by atoms with Crippen LogP contribution in [0.2, 0.25) is 0 Å². The maximum absolute atomic E-state index is 12.8. The van der Waals surface area contributed by atoms with E-state index in [9.17, 15) is 8.42 Å². The van der Waals surface area contributed by atoms with E-state index >= 15 is 0 Å². The molecule has 2 unspecified atom stereocenters. The van der Waals surface area contributed by atoms with Crippen LogP contribution in [-0.4, -0.2) is 25.8 Å². The standard InChI is InChI=1S/C14H19Br2NO2S/c1-10-5-3-4-6-13(10)17(2)20(18,19)14-8-7-11(15)9-12(14)16/h7-10,13H,3-6H2,1-2H3. The van der Waals surface area contributed by atoms with Gasteiger partial charge in [0.2, 0.25) is 10.0 Å². The van der Waals surface area contributed by atoms with Crippen molar-refractivity contribution in [3.63, 3.8) is 0 Å². The first-order chi connectivity index (χ1) is 9.34. The van der Waals surface area contributed by atoms with Crippen molar-refractivity contribution >= 4 is 41.9 Å². The van der Waals surface area contributed by atoms with Gasteiger partial charge in [0.25, 0.3) is 0 Å². The van der Waals surface area contributed by atoms with Crippen molar-refractivity contribution in [2.24, 2.45) is 5.92 Å². The predicted molar refractivity (Wildman–Crippen MR) is 88.2 cm³/mol. The summed E-state index contributed by atoms with van der Waals surface area (Å²) in [5.41, 5.74) is 0. The van der Waals surface area contributed by atoms with E-state index in [0.29, 0.717) is 15.3 Å². The SMILES string of the molecule is CC1CCCCC1N(C)S(=O)(=O)c1ccc(Br)cc1Br. The molecule has 3 nitrogen and oxygen atoms in total. The zero-order valence-corrected chi connectivity index (χ0v) is 15.6. The number of halogens is 2. The molecule has 0 bridgehead atoms. The maximum atomic E-state index is 12.8. The Balaban J connectivity index is 2.33. The molecule has 1 saturated carbocycles. The molecule has 2 atom stereocenters. The number of nitrogens with zero attached hydrogens (tertiary/aromatic N) is 1. The molecule has 0 saturated heterocycles. The van der Waals surface area contributed by atoms with Crippen molar-refractivity contribution in [2.45, 2.75) is 43.5 Å². The Labute approximate surface area is 138 Å². The smallest absolute Gasteiger partial charge is 0.207 e. The second-order valence-electron chi connectivity index (χ2n) is 5.43. The largest absolute Gasteiger partial charge is 0.244 e. The van der Waals surface area contributed by atoms with E-state index in [-0.39, 0.29) is 6.04 Å². The van der Waals surface area contributed by atoms with Crippen LogP contribution in [0.4, 0.5) is 0 Å². The van der Waals surface area contributed by atoms with Crippen LogP contribution in [0.3, 0.4) is 0 Å². The van der Waals surface area contributed by atoms with Crippen LogP contribution >= 0.6 is 31.9 Å². The lowest BCUT2D eigenvalue weighted by Gasteiger charge is -2.35. The molecule has 0 aliphatic heterocycles. The van der Waals surface area contributed by atoms with Gasteiger partial charge in [-0.1, -0.05) is 35.7 Å². The lowest BCUT2D eigenvalue weighted by molar-refractivity contribution is 0.213. The molecule has 0 aromatic heterocycles. The van der Waals surface area contributed by atoms with E-state index in [4.69, 9.17) is 0 Å². The Hall–Kier alpha value is 0.0900. The minimum absolute atomic E-state index is 0.101. The van der Waals surface area contributed by atoms with Gasteiger partial charge in [0.05, 0.1) is 4.90 Å². The van der Waals surface area contributed by atoms with Crippen molar-refractivity contribution < 1.29 is 8.42 Å². The minimum Gasteiger partial charge on any atom is -0.207 e. The van der Waals surface area contributed by atoms with Crippen LogP contribution in [0.1, 0.15) is 32.6 Å². The Morgan fingerprint density at radius 2 is 1.85 bits per heavy atom. The Morgan fingerprint density at radius 1 is 1.20 bits per heavy atom. The van der Waals surface area contributed by atoms with Crippen molar-refractivity contribution in [1.82, 2.24) is 4.31 Å². The third kappa shape index (κ3) is 3.29. The number of hydrogen-bond donors (Lipinski definition) is 0. The highest BCUT2D eigenvalue weighted by Crippen LogP contribution is 2.33. The molecule has 1 fully saturated rings. The van der Waals surface area contributed by atoms with Crippen molar-refractivity contribution in [3.8, 4) is 0 Å². The molecule has 0 amide bonds. The van der Waals surface area contributed by atoms with Gasteiger partial charge >= 0.3 is 0 Å². The quantitative estimate of drug-likeness (QED) is 0.720. The minimum atomic E-state index is -3.45. The van der Waals surface area contributed by atoms with Crippen LogP contribution < -0.4 is 0 Å². The fraction of sp³-hybridized carbons (Fsp3) is 0.571. The highest BCUT2D eigenvalue weighted by Gasteiger charge is 2.33. The summed E-state index contributed by atoms with van der Waals surface area (Å²) in [7, 11) is -1.75. The summed E-state index contributed by atoms with van der Waals surface area (Å²) in [4.78, 5) is 0.334. The monoisotopic (exact) mass is 423 g/mol. The summed E-state index contributed by atoms with van der Waals surface area (Å²) in [5.74, 6) is 0.415. The van der Waals surface area contributed by atoms with Crippen molar-refractivity contribution in [2.75, 3.05) is 7.05 Å². The van der Waals surface area contributed by atoms with Crippen LogP contribution in [0.5, 0.6) is 0 Å². The molecule has 1 aliphatic rings. The van der Waals surface area contributed by atoms with E-state index in [1.807, 2.05) is 0 Å². The first-order valence-corrected chi connectivity index (χ1v) is 9.79. The zero-order chi connectivity index (χ0) is 14.9. The van der Waals surface area contributed by atoms with Gasteiger partial charge in [-0.05, 0) is 52.9 Å². The van der Waals surface area contributed by atoms with Gasteiger partial charge in [-0.3, -0.25) is 0 Å². The van der Waals surface area contributed by atoms with Gasteiger partial charge in [0.1, 0.15) is 0 Å². The normalized spacial score (nSPS) is 24.1. The summed E-state index contributed by atoms with van der Waals surface area (Å²) in [5, 5.41) is 0. The maximum Gasteiger partial charge on any atom is 0.244 e. The van der Waals surface area contributed by atoms with Gasteiger partial charge in [0.15, 0.2) is 0 Å². The summed E-state index contributed by atoms with van der Waals surface area (Å²) in [6, 6.07) is 5.28. The first kappa shape index (κ1) is 16.5. The summed E-state index contributed by atoms with van der Waals surface area (Å²) >= 11 is 6.70. The van der Waals surface area contributed by atoms with Crippen LogP contribution in [-0.2, 0) is 10.0 Å². The van der Waals surface area contributed by atoms with Crippen LogP contribution in [0.25, 0.3) is 0 Å². The topological polar surface area (TPSA) is 37.4 Å². The average molecular weight is 425 g/mol.